The first-order valence-electron chi connectivity index (χ1n) is 5.19. The molecule has 3 aliphatic heterocycles. The second-order valence-electron chi connectivity index (χ2n) is 4.19. The van der Waals surface area contributed by atoms with Gasteiger partial charge in [-0.15, -0.1) is 0 Å². The molecule has 3 nitrogen and oxygen atoms in total. The summed E-state index contributed by atoms with van der Waals surface area (Å²) in [4.78, 5) is 13.7. The van der Waals surface area contributed by atoms with Crippen molar-refractivity contribution in [3.63, 3.8) is 0 Å². The van der Waals surface area contributed by atoms with Gasteiger partial charge >= 0.3 is 0 Å². The molecular formula is C11H17NO2. The van der Waals surface area contributed by atoms with Crippen LogP contribution in [0.4, 0.5) is 0 Å². The number of hydrogen-bond acceptors (Lipinski definition) is 3. The van der Waals surface area contributed by atoms with E-state index in [1.54, 1.807) is 6.92 Å². The quantitative estimate of drug-likeness (QED) is 0.584. The van der Waals surface area contributed by atoms with Crippen LogP contribution >= 0.6 is 0 Å². The molecule has 0 radical (unpaired) electrons. The Kier molecular flexibility index (Phi) is 2.70. The number of nitrogens with zero attached hydrogens (tertiary/aromatic N) is 1. The predicted molar refractivity (Wildman–Crippen MR) is 54.1 cm³/mol. The average molecular weight is 195 g/mol. The Balaban J connectivity index is 2.25. The van der Waals surface area contributed by atoms with Gasteiger partial charge in [0.05, 0.1) is 18.8 Å². The average Bonchev–Trinajstić information content (AvgIpc) is 2.06. The number of fused-ring (bicyclic) bond motifs is 4. The van der Waals surface area contributed by atoms with Crippen molar-refractivity contribution in [2.75, 3.05) is 13.7 Å². The lowest BCUT2D eigenvalue weighted by Gasteiger charge is -2.43. The van der Waals surface area contributed by atoms with Gasteiger partial charge in [0.2, 0.25) is 0 Å². The largest absolute Gasteiger partial charge is 0.374 e. The maximum Gasteiger partial charge on any atom is 0.149 e. The van der Waals surface area contributed by atoms with E-state index in [2.05, 4.69) is 17.1 Å². The number of likely N-dealkylation sites (N-methyl/N-ethyl adjacent to an activating group) is 1. The smallest absolute Gasteiger partial charge is 0.149 e. The van der Waals surface area contributed by atoms with Crippen molar-refractivity contribution in [1.82, 2.24) is 4.90 Å². The summed E-state index contributed by atoms with van der Waals surface area (Å²) in [5, 5.41) is 0. The molecule has 3 heteroatoms. The molecule has 3 unspecified atom stereocenters. The fraction of sp³-hybridized carbons (Fsp3) is 0.727. The maximum atomic E-state index is 11.5. The number of morpholine rings is 1. The first kappa shape index (κ1) is 9.87. The molecule has 14 heavy (non-hydrogen) atoms. The summed E-state index contributed by atoms with van der Waals surface area (Å²) in [6.07, 6.45) is 6.26. The molecule has 78 valence electrons. The van der Waals surface area contributed by atoms with Gasteiger partial charge in [-0.3, -0.25) is 9.69 Å². The van der Waals surface area contributed by atoms with E-state index in [9.17, 15) is 4.79 Å². The van der Waals surface area contributed by atoms with Crippen LogP contribution in [0.3, 0.4) is 0 Å². The lowest BCUT2D eigenvalue weighted by Crippen LogP contribution is -2.58. The molecule has 1 saturated heterocycles. The van der Waals surface area contributed by atoms with Crippen LogP contribution in [-0.4, -0.2) is 42.5 Å². The number of hydrogen-bond donors (Lipinski definition) is 0. The van der Waals surface area contributed by atoms with Gasteiger partial charge in [-0.25, -0.2) is 0 Å². The van der Waals surface area contributed by atoms with Gasteiger partial charge in [0.1, 0.15) is 5.78 Å². The number of ketones is 1. The van der Waals surface area contributed by atoms with Gasteiger partial charge in [0.25, 0.3) is 0 Å². The summed E-state index contributed by atoms with van der Waals surface area (Å²) in [7, 11) is 2.03. The topological polar surface area (TPSA) is 29.5 Å². The standard InChI is InChI=1S/C11H17NO2/c1-8(13)11-10-6-4-3-5-9(7-14-10)12(11)2/h3-4,9-11H,5-7H2,1-2H3/b4-3-. The molecule has 0 aromatic carbocycles. The Morgan fingerprint density at radius 1 is 1.43 bits per heavy atom. The van der Waals surface area contributed by atoms with E-state index in [1.165, 1.54) is 0 Å². The van der Waals surface area contributed by atoms with Gasteiger partial charge in [0, 0.05) is 6.04 Å². The fourth-order valence-corrected chi connectivity index (χ4v) is 2.40. The summed E-state index contributed by atoms with van der Waals surface area (Å²) in [5.41, 5.74) is 0. The van der Waals surface area contributed by atoms with Gasteiger partial charge in [-0.1, -0.05) is 12.2 Å². The zero-order valence-corrected chi connectivity index (χ0v) is 8.77. The highest BCUT2D eigenvalue weighted by atomic mass is 16.5. The van der Waals surface area contributed by atoms with Crippen molar-refractivity contribution >= 4 is 5.78 Å². The number of rotatable bonds is 1. The number of carbonyl (C=O) groups is 1. The molecule has 3 rings (SSSR count). The highest BCUT2D eigenvalue weighted by molar-refractivity contribution is 5.82. The molecule has 0 aliphatic carbocycles. The molecule has 1 fully saturated rings. The van der Waals surface area contributed by atoms with Crippen molar-refractivity contribution in [3.8, 4) is 0 Å². The summed E-state index contributed by atoms with van der Waals surface area (Å²) in [6, 6.07) is 0.329. The number of Topliss-reactive ketones (excluding diaryl/α,β-unsaturated/α-hetero) is 1. The third-order valence-electron chi connectivity index (χ3n) is 3.23. The second kappa shape index (κ2) is 3.83. The molecule has 0 aromatic heterocycles. The molecule has 3 heterocycles. The number of carbonyl (C=O) groups excluding carboxylic acids is 1. The zero-order valence-electron chi connectivity index (χ0n) is 8.77. The van der Waals surface area contributed by atoms with E-state index in [1.807, 2.05) is 7.05 Å². The first-order valence-corrected chi connectivity index (χ1v) is 5.19. The van der Waals surface area contributed by atoms with Crippen LogP contribution < -0.4 is 0 Å². The predicted octanol–water partition coefficient (Wildman–Crippen LogP) is 0.993. The summed E-state index contributed by atoms with van der Waals surface area (Å²) < 4.78 is 5.71. The van der Waals surface area contributed by atoms with E-state index >= 15 is 0 Å². The lowest BCUT2D eigenvalue weighted by molar-refractivity contribution is -0.140. The molecule has 3 atom stereocenters. The van der Waals surface area contributed by atoms with Crippen molar-refractivity contribution in [1.29, 1.82) is 0 Å². The van der Waals surface area contributed by atoms with Gasteiger partial charge in [0.15, 0.2) is 0 Å². The van der Waals surface area contributed by atoms with Crippen LogP contribution in [0.15, 0.2) is 12.2 Å². The first-order chi connectivity index (χ1) is 6.70. The monoisotopic (exact) mass is 195 g/mol. The minimum Gasteiger partial charge on any atom is -0.374 e. The minimum absolute atomic E-state index is 0.0429. The molecule has 0 amide bonds. The Morgan fingerprint density at radius 2 is 2.14 bits per heavy atom. The van der Waals surface area contributed by atoms with Crippen LogP contribution in [0.25, 0.3) is 0 Å². The van der Waals surface area contributed by atoms with Gasteiger partial charge < -0.3 is 4.74 Å². The van der Waals surface area contributed by atoms with Gasteiger partial charge in [-0.05, 0) is 26.8 Å². The number of ether oxygens (including phenoxy) is 1. The van der Waals surface area contributed by atoms with Gasteiger partial charge in [-0.2, -0.15) is 0 Å². The third-order valence-corrected chi connectivity index (χ3v) is 3.23. The van der Waals surface area contributed by atoms with Crippen molar-refractivity contribution in [2.45, 2.75) is 38.0 Å². The van der Waals surface area contributed by atoms with Crippen LogP contribution in [0.2, 0.25) is 0 Å². The van der Waals surface area contributed by atoms with Crippen LogP contribution in [0.1, 0.15) is 19.8 Å². The highest BCUT2D eigenvalue weighted by Crippen LogP contribution is 2.25. The molecule has 0 spiro atoms. The SMILES string of the molecule is CC(=O)C1C2C/C=C\CC(CO2)N1C. The molecular weight excluding hydrogens is 178 g/mol. The van der Waals surface area contributed by atoms with Crippen molar-refractivity contribution in [2.24, 2.45) is 0 Å². The molecule has 0 saturated carbocycles. The van der Waals surface area contributed by atoms with E-state index < -0.39 is 0 Å². The Labute approximate surface area is 84.7 Å². The Morgan fingerprint density at radius 3 is 2.86 bits per heavy atom. The fourth-order valence-electron chi connectivity index (χ4n) is 2.40. The lowest BCUT2D eigenvalue weighted by atomic mass is 9.94. The van der Waals surface area contributed by atoms with E-state index in [4.69, 9.17) is 4.74 Å². The molecule has 2 bridgehead atoms. The normalized spacial score (nSPS) is 40.3. The van der Waals surface area contributed by atoms with Crippen LogP contribution in [-0.2, 0) is 9.53 Å². The third kappa shape index (κ3) is 1.62. The van der Waals surface area contributed by atoms with E-state index in [-0.39, 0.29) is 17.9 Å². The van der Waals surface area contributed by atoms with Crippen LogP contribution in [0.5, 0.6) is 0 Å². The van der Waals surface area contributed by atoms with Crippen LogP contribution in [0, 0.1) is 0 Å². The minimum atomic E-state index is -0.0429. The summed E-state index contributed by atoms with van der Waals surface area (Å²) >= 11 is 0. The highest BCUT2D eigenvalue weighted by Gasteiger charge is 2.38. The second-order valence-corrected chi connectivity index (χ2v) is 4.19. The Bertz CT molecular complexity index is 262. The van der Waals surface area contributed by atoms with E-state index in [0.29, 0.717) is 6.04 Å². The van der Waals surface area contributed by atoms with E-state index in [0.717, 1.165) is 19.4 Å². The zero-order chi connectivity index (χ0) is 10.1. The summed E-state index contributed by atoms with van der Waals surface area (Å²) in [6.45, 7) is 2.42. The molecule has 0 N–H and O–H groups in total. The Hall–Kier alpha value is -0.670. The maximum absolute atomic E-state index is 11.5. The van der Waals surface area contributed by atoms with Crippen molar-refractivity contribution in [3.05, 3.63) is 12.2 Å². The molecule has 0 aromatic rings. The molecule has 3 aliphatic rings. The van der Waals surface area contributed by atoms with Crippen molar-refractivity contribution < 1.29 is 9.53 Å². The summed E-state index contributed by atoms with van der Waals surface area (Å²) in [5.74, 6) is 0.220.